The quantitative estimate of drug-likeness (QED) is 0.828. The molecule has 18 heavy (non-hydrogen) atoms. The van der Waals surface area contributed by atoms with Gasteiger partial charge in [-0.05, 0) is 51.3 Å². The van der Waals surface area contributed by atoms with E-state index in [1.54, 1.807) is 12.1 Å². The normalized spacial score (nSPS) is 11.6. The maximum atomic E-state index is 10.9. The van der Waals surface area contributed by atoms with Crippen molar-refractivity contribution in [1.82, 2.24) is 0 Å². The highest BCUT2D eigenvalue weighted by Gasteiger charge is 2.11. The number of ether oxygens (including phenoxy) is 1. The number of halogens is 1. The van der Waals surface area contributed by atoms with Gasteiger partial charge in [0, 0.05) is 6.61 Å². The van der Waals surface area contributed by atoms with Crippen LogP contribution >= 0.6 is 11.6 Å². The number of carbonyl (C=O) groups is 1. The van der Waals surface area contributed by atoms with Gasteiger partial charge in [0.25, 0.3) is 0 Å². The zero-order chi connectivity index (χ0) is 13.8. The first-order valence-electron chi connectivity index (χ1n) is 5.95. The Kier molecular flexibility index (Phi) is 5.17. The van der Waals surface area contributed by atoms with Crippen LogP contribution in [0.5, 0.6) is 0 Å². The molecule has 0 spiro atoms. The van der Waals surface area contributed by atoms with Crippen molar-refractivity contribution in [3.63, 3.8) is 0 Å². The van der Waals surface area contributed by atoms with Gasteiger partial charge in [0.1, 0.15) is 0 Å². The van der Waals surface area contributed by atoms with Gasteiger partial charge in [-0.25, -0.2) is 4.79 Å². The first kappa shape index (κ1) is 15.0. The minimum atomic E-state index is -0.993. The van der Waals surface area contributed by atoms with Crippen LogP contribution in [-0.4, -0.2) is 23.3 Å². The Morgan fingerprint density at radius 1 is 1.39 bits per heavy atom. The molecule has 100 valence electrons. The summed E-state index contributed by atoms with van der Waals surface area (Å²) in [6, 6.07) is 5.11. The molecule has 1 N–H and O–H groups in total. The second kappa shape index (κ2) is 6.21. The van der Waals surface area contributed by atoms with E-state index in [1.807, 2.05) is 26.8 Å². The predicted octanol–water partition coefficient (Wildman–Crippen LogP) is 3.79. The number of hydrogen-bond donors (Lipinski definition) is 1. The lowest BCUT2D eigenvalue weighted by molar-refractivity contribution is -0.00384. The summed E-state index contributed by atoms with van der Waals surface area (Å²) in [5, 5.41) is 9.23. The van der Waals surface area contributed by atoms with Crippen LogP contribution in [0.4, 0.5) is 0 Å². The highest BCUT2D eigenvalue weighted by atomic mass is 35.5. The summed E-state index contributed by atoms with van der Waals surface area (Å²) in [6.07, 6.45) is 1.64. The highest BCUT2D eigenvalue weighted by molar-refractivity contribution is 6.33. The van der Waals surface area contributed by atoms with E-state index < -0.39 is 5.97 Å². The molecule has 0 amide bonds. The van der Waals surface area contributed by atoms with E-state index >= 15 is 0 Å². The van der Waals surface area contributed by atoms with Crippen LogP contribution in [-0.2, 0) is 11.2 Å². The van der Waals surface area contributed by atoms with Gasteiger partial charge in [-0.2, -0.15) is 0 Å². The second-order valence-electron chi connectivity index (χ2n) is 5.18. The fourth-order valence-electron chi connectivity index (χ4n) is 1.55. The Hall–Kier alpha value is -1.06. The number of carboxylic acids is 1. The lowest BCUT2D eigenvalue weighted by atomic mass is 10.1. The van der Waals surface area contributed by atoms with E-state index in [0.29, 0.717) is 6.61 Å². The molecule has 4 heteroatoms. The van der Waals surface area contributed by atoms with Crippen LogP contribution in [0.2, 0.25) is 5.02 Å². The first-order valence-corrected chi connectivity index (χ1v) is 6.33. The lowest BCUT2D eigenvalue weighted by Crippen LogP contribution is -2.19. The third kappa shape index (κ3) is 5.07. The third-order valence-corrected chi connectivity index (χ3v) is 2.74. The van der Waals surface area contributed by atoms with Gasteiger partial charge in [0.05, 0.1) is 16.2 Å². The second-order valence-corrected chi connectivity index (χ2v) is 5.59. The summed E-state index contributed by atoms with van der Waals surface area (Å²) >= 11 is 5.81. The van der Waals surface area contributed by atoms with Gasteiger partial charge in [0.2, 0.25) is 0 Å². The van der Waals surface area contributed by atoms with Crippen molar-refractivity contribution in [1.29, 1.82) is 0 Å². The maximum Gasteiger partial charge on any atom is 0.337 e. The molecule has 0 fully saturated rings. The van der Waals surface area contributed by atoms with Gasteiger partial charge in [-0.1, -0.05) is 17.7 Å². The Labute approximate surface area is 113 Å². The van der Waals surface area contributed by atoms with Crippen LogP contribution in [0.1, 0.15) is 43.1 Å². The van der Waals surface area contributed by atoms with E-state index in [9.17, 15) is 4.79 Å². The Balaban J connectivity index is 2.53. The summed E-state index contributed by atoms with van der Waals surface area (Å²) in [6.45, 7) is 6.70. The molecule has 0 radical (unpaired) electrons. The molecule has 0 atom stereocenters. The highest BCUT2D eigenvalue weighted by Crippen LogP contribution is 2.18. The lowest BCUT2D eigenvalue weighted by Gasteiger charge is -2.19. The summed E-state index contributed by atoms with van der Waals surface area (Å²) in [5.41, 5.74) is 0.992. The molecule has 0 aliphatic heterocycles. The Morgan fingerprint density at radius 3 is 2.61 bits per heavy atom. The Bertz CT molecular complexity index is 422. The maximum absolute atomic E-state index is 10.9. The summed E-state index contributed by atoms with van der Waals surface area (Å²) < 4.78 is 5.61. The number of aryl methyl sites for hydroxylation is 1. The van der Waals surface area contributed by atoms with Crippen LogP contribution < -0.4 is 0 Å². The van der Waals surface area contributed by atoms with Crippen molar-refractivity contribution in [2.24, 2.45) is 0 Å². The van der Waals surface area contributed by atoms with Gasteiger partial charge < -0.3 is 9.84 Å². The number of hydrogen-bond acceptors (Lipinski definition) is 2. The number of carboxylic acid groups (broad SMARTS) is 1. The average molecular weight is 271 g/mol. The van der Waals surface area contributed by atoms with E-state index in [-0.39, 0.29) is 16.2 Å². The molecule has 0 bridgehead atoms. The third-order valence-electron chi connectivity index (χ3n) is 2.41. The van der Waals surface area contributed by atoms with Gasteiger partial charge in [-0.15, -0.1) is 0 Å². The molecule has 0 saturated carbocycles. The summed E-state index contributed by atoms with van der Waals surface area (Å²) in [7, 11) is 0. The molecule has 0 aliphatic rings. The van der Waals surface area contributed by atoms with E-state index in [1.165, 1.54) is 0 Å². The number of aromatic carboxylic acids is 1. The minimum Gasteiger partial charge on any atom is -0.478 e. The fourth-order valence-corrected chi connectivity index (χ4v) is 1.74. The molecule has 3 nitrogen and oxygen atoms in total. The molecule has 1 rings (SSSR count). The van der Waals surface area contributed by atoms with Crippen molar-refractivity contribution in [2.75, 3.05) is 6.61 Å². The van der Waals surface area contributed by atoms with E-state index in [4.69, 9.17) is 21.4 Å². The van der Waals surface area contributed by atoms with Crippen molar-refractivity contribution < 1.29 is 14.6 Å². The monoisotopic (exact) mass is 270 g/mol. The zero-order valence-corrected chi connectivity index (χ0v) is 11.8. The van der Waals surface area contributed by atoms with Crippen LogP contribution in [0, 0.1) is 0 Å². The van der Waals surface area contributed by atoms with Crippen LogP contribution in [0.3, 0.4) is 0 Å². The summed E-state index contributed by atoms with van der Waals surface area (Å²) in [5.74, 6) is -0.993. The Morgan fingerprint density at radius 2 is 2.06 bits per heavy atom. The molecular formula is C14H19ClO3. The van der Waals surface area contributed by atoms with Crippen molar-refractivity contribution in [2.45, 2.75) is 39.2 Å². The summed E-state index contributed by atoms with van der Waals surface area (Å²) in [4.78, 5) is 10.9. The van der Waals surface area contributed by atoms with Crippen LogP contribution in [0.25, 0.3) is 0 Å². The SMILES string of the molecule is CC(C)(C)OCCCc1ccc(Cl)c(C(=O)O)c1. The molecule has 1 aromatic carbocycles. The number of rotatable bonds is 5. The molecule has 1 aromatic rings. The molecule has 0 saturated heterocycles. The van der Waals surface area contributed by atoms with Gasteiger partial charge >= 0.3 is 5.97 Å². The van der Waals surface area contributed by atoms with Gasteiger partial charge in [0.15, 0.2) is 0 Å². The topological polar surface area (TPSA) is 46.5 Å². The zero-order valence-electron chi connectivity index (χ0n) is 11.0. The average Bonchev–Trinajstić information content (AvgIpc) is 2.24. The minimum absolute atomic E-state index is 0.133. The smallest absolute Gasteiger partial charge is 0.337 e. The van der Waals surface area contributed by atoms with Crippen molar-refractivity contribution in [3.8, 4) is 0 Å². The van der Waals surface area contributed by atoms with Gasteiger partial charge in [-0.3, -0.25) is 0 Å². The van der Waals surface area contributed by atoms with Crippen LogP contribution in [0.15, 0.2) is 18.2 Å². The fraction of sp³-hybridized carbons (Fsp3) is 0.500. The molecular weight excluding hydrogens is 252 g/mol. The molecule has 0 heterocycles. The number of benzene rings is 1. The van der Waals surface area contributed by atoms with E-state index in [0.717, 1.165) is 18.4 Å². The first-order chi connectivity index (χ1) is 8.29. The molecule has 0 aliphatic carbocycles. The van der Waals surface area contributed by atoms with Crippen molar-refractivity contribution in [3.05, 3.63) is 34.3 Å². The molecule has 0 aromatic heterocycles. The largest absolute Gasteiger partial charge is 0.478 e. The standard InChI is InChI=1S/C14H19ClO3/c1-14(2,3)18-8-4-5-10-6-7-12(15)11(9-10)13(16)17/h6-7,9H,4-5,8H2,1-3H3,(H,16,17). The van der Waals surface area contributed by atoms with Crippen molar-refractivity contribution >= 4 is 17.6 Å². The van der Waals surface area contributed by atoms with E-state index in [2.05, 4.69) is 0 Å². The predicted molar refractivity (Wildman–Crippen MR) is 72.4 cm³/mol. The molecule has 0 unspecified atom stereocenters.